The van der Waals surface area contributed by atoms with Gasteiger partial charge in [-0.15, -0.1) is 0 Å². The molecule has 2 aromatic carbocycles. The van der Waals surface area contributed by atoms with Crippen LogP contribution in [0.15, 0.2) is 68.9 Å². The molecule has 1 aliphatic rings. The van der Waals surface area contributed by atoms with E-state index in [-0.39, 0.29) is 11.5 Å². The number of thioether (sulfide) groups is 1. The first kappa shape index (κ1) is 20.5. The highest BCUT2D eigenvalue weighted by Gasteiger charge is 2.25. The lowest BCUT2D eigenvalue weighted by Gasteiger charge is -2.05. The van der Waals surface area contributed by atoms with Crippen LogP contribution in [-0.4, -0.2) is 29.3 Å². The Labute approximate surface area is 182 Å². The maximum atomic E-state index is 12.4. The van der Waals surface area contributed by atoms with Gasteiger partial charge in [0.1, 0.15) is 23.0 Å². The van der Waals surface area contributed by atoms with Gasteiger partial charge in [-0.3, -0.25) is 4.79 Å². The maximum Gasteiger partial charge on any atom is 0.335 e. The van der Waals surface area contributed by atoms with Gasteiger partial charge in [-0.2, -0.15) is 0 Å². The number of benzene rings is 2. The number of aryl methyl sites for hydroxylation is 1. The van der Waals surface area contributed by atoms with Gasteiger partial charge in [-0.25, -0.2) is 9.79 Å². The van der Waals surface area contributed by atoms with Crippen molar-refractivity contribution in [2.45, 2.75) is 6.92 Å². The number of amidine groups is 1. The highest BCUT2D eigenvalue weighted by Crippen LogP contribution is 2.33. The molecule has 156 valence electrons. The third kappa shape index (κ3) is 4.54. The number of rotatable bonds is 5. The van der Waals surface area contributed by atoms with Crippen LogP contribution >= 0.6 is 11.8 Å². The smallest absolute Gasteiger partial charge is 0.335 e. The first-order valence-electron chi connectivity index (χ1n) is 9.31. The summed E-state index contributed by atoms with van der Waals surface area (Å²) in [5, 5.41) is 12.2. The molecule has 1 aromatic heterocycles. The fourth-order valence-corrected chi connectivity index (χ4v) is 3.78. The van der Waals surface area contributed by atoms with Crippen LogP contribution in [0.1, 0.15) is 21.7 Å². The van der Waals surface area contributed by atoms with Gasteiger partial charge in [0.15, 0.2) is 5.17 Å². The number of carboxylic acid groups (broad SMARTS) is 1. The Hall–Kier alpha value is -3.78. The summed E-state index contributed by atoms with van der Waals surface area (Å²) in [5.41, 5.74) is 2.61. The van der Waals surface area contributed by atoms with Gasteiger partial charge >= 0.3 is 5.97 Å². The average molecular weight is 434 g/mol. The minimum absolute atomic E-state index is 0.203. The van der Waals surface area contributed by atoms with Crippen molar-refractivity contribution in [3.05, 3.63) is 76.4 Å². The standard InChI is InChI=1S/C23H18N2O5S/c1-13-3-9-19(29-2)17(11-13)24-23-25-21(26)20(31-23)12-16-8-10-18(30-16)14-4-6-15(7-5-14)22(27)28/h3-12H,1-2H3,(H,27,28)(H,24,25,26)/b20-12-. The molecule has 0 spiro atoms. The van der Waals surface area contributed by atoms with E-state index in [2.05, 4.69) is 10.3 Å². The van der Waals surface area contributed by atoms with Crippen molar-refractivity contribution in [3.8, 4) is 17.1 Å². The molecule has 8 heteroatoms. The predicted molar refractivity (Wildman–Crippen MR) is 120 cm³/mol. The summed E-state index contributed by atoms with van der Waals surface area (Å²) in [6, 6.07) is 15.5. The summed E-state index contributed by atoms with van der Waals surface area (Å²) >= 11 is 1.21. The Kier molecular flexibility index (Phi) is 5.64. The lowest BCUT2D eigenvalue weighted by Crippen LogP contribution is -2.19. The van der Waals surface area contributed by atoms with Crippen LogP contribution in [0.25, 0.3) is 17.4 Å². The van der Waals surface area contributed by atoms with Crippen LogP contribution in [0.2, 0.25) is 0 Å². The molecule has 0 bridgehead atoms. The monoisotopic (exact) mass is 434 g/mol. The fraction of sp³-hybridized carbons (Fsp3) is 0.0870. The first-order valence-corrected chi connectivity index (χ1v) is 10.1. The van der Waals surface area contributed by atoms with E-state index in [1.807, 2.05) is 25.1 Å². The number of nitrogens with zero attached hydrogens (tertiary/aromatic N) is 1. The largest absolute Gasteiger partial charge is 0.494 e. The normalized spacial score (nSPS) is 16.0. The number of hydrogen-bond donors (Lipinski definition) is 2. The number of carbonyl (C=O) groups excluding carboxylic acids is 1. The second kappa shape index (κ2) is 8.53. The number of carboxylic acids is 1. The summed E-state index contributed by atoms with van der Waals surface area (Å²) < 4.78 is 11.1. The number of hydrogen-bond acceptors (Lipinski definition) is 6. The molecule has 1 fully saturated rings. The zero-order valence-corrected chi connectivity index (χ0v) is 17.5. The second-order valence-corrected chi connectivity index (χ2v) is 7.77. The third-order valence-electron chi connectivity index (χ3n) is 4.52. The van der Waals surface area contributed by atoms with E-state index in [0.29, 0.717) is 33.0 Å². The summed E-state index contributed by atoms with van der Waals surface area (Å²) in [7, 11) is 1.57. The van der Waals surface area contributed by atoms with Crippen LogP contribution in [0.3, 0.4) is 0 Å². The molecular formula is C23H18N2O5S. The Morgan fingerprint density at radius 2 is 1.94 bits per heavy atom. The van der Waals surface area contributed by atoms with Gasteiger partial charge in [-0.1, -0.05) is 18.2 Å². The van der Waals surface area contributed by atoms with E-state index >= 15 is 0 Å². The summed E-state index contributed by atoms with van der Waals surface area (Å²) in [4.78, 5) is 28.3. The number of ether oxygens (including phenoxy) is 1. The Bertz CT molecular complexity index is 1230. The van der Waals surface area contributed by atoms with Crippen molar-refractivity contribution in [2.75, 3.05) is 7.11 Å². The lowest BCUT2D eigenvalue weighted by molar-refractivity contribution is -0.115. The summed E-state index contributed by atoms with van der Waals surface area (Å²) in [5.74, 6) is 0.450. The molecule has 2 N–H and O–H groups in total. The number of methoxy groups -OCH3 is 1. The molecule has 1 saturated heterocycles. The van der Waals surface area contributed by atoms with Crippen molar-refractivity contribution in [2.24, 2.45) is 4.99 Å². The van der Waals surface area contributed by atoms with E-state index in [9.17, 15) is 9.59 Å². The van der Waals surface area contributed by atoms with Crippen molar-refractivity contribution in [1.29, 1.82) is 0 Å². The lowest BCUT2D eigenvalue weighted by atomic mass is 10.1. The van der Waals surface area contributed by atoms with E-state index < -0.39 is 5.97 Å². The van der Waals surface area contributed by atoms with Crippen LogP contribution < -0.4 is 10.1 Å². The molecule has 1 aliphatic heterocycles. The molecule has 1 amide bonds. The van der Waals surface area contributed by atoms with Crippen LogP contribution in [0.5, 0.6) is 5.75 Å². The van der Waals surface area contributed by atoms with E-state index in [4.69, 9.17) is 14.3 Å². The van der Waals surface area contributed by atoms with Crippen molar-refractivity contribution in [3.63, 3.8) is 0 Å². The topological polar surface area (TPSA) is 101 Å². The minimum Gasteiger partial charge on any atom is -0.494 e. The highest BCUT2D eigenvalue weighted by molar-refractivity contribution is 8.18. The van der Waals surface area contributed by atoms with Gasteiger partial charge < -0.3 is 19.6 Å². The number of aromatic carboxylic acids is 1. The molecule has 0 saturated carbocycles. The number of aliphatic imine (C=N–C) groups is 1. The van der Waals surface area contributed by atoms with Crippen LogP contribution in [0.4, 0.5) is 5.69 Å². The van der Waals surface area contributed by atoms with Crippen molar-refractivity contribution < 1.29 is 23.8 Å². The molecule has 3 aromatic rings. The average Bonchev–Trinajstić information content (AvgIpc) is 3.35. The SMILES string of the molecule is COc1ccc(C)cc1N=C1NC(=O)/C(=C/c2ccc(-c3ccc(C(=O)O)cc3)o2)S1. The van der Waals surface area contributed by atoms with Crippen molar-refractivity contribution >= 4 is 40.6 Å². The van der Waals surface area contributed by atoms with Gasteiger partial charge in [0.2, 0.25) is 0 Å². The zero-order chi connectivity index (χ0) is 22.0. The molecule has 2 heterocycles. The number of furan rings is 1. The molecule has 0 unspecified atom stereocenters. The van der Waals surface area contributed by atoms with E-state index in [0.717, 1.165) is 11.1 Å². The third-order valence-corrected chi connectivity index (χ3v) is 5.43. The van der Waals surface area contributed by atoms with Crippen molar-refractivity contribution in [1.82, 2.24) is 5.32 Å². The van der Waals surface area contributed by atoms with E-state index in [1.165, 1.54) is 23.9 Å². The van der Waals surface area contributed by atoms with Gasteiger partial charge in [-0.05, 0) is 60.6 Å². The molecular weight excluding hydrogens is 416 g/mol. The quantitative estimate of drug-likeness (QED) is 0.557. The van der Waals surface area contributed by atoms with Crippen LogP contribution in [0, 0.1) is 6.92 Å². The molecule has 0 radical (unpaired) electrons. The summed E-state index contributed by atoms with van der Waals surface area (Å²) in [6.45, 7) is 1.96. The molecule has 0 atom stereocenters. The summed E-state index contributed by atoms with van der Waals surface area (Å²) in [6.07, 6.45) is 1.64. The van der Waals surface area contributed by atoms with E-state index in [1.54, 1.807) is 37.5 Å². The number of carbonyl (C=O) groups is 2. The van der Waals surface area contributed by atoms with Gasteiger partial charge in [0.05, 0.1) is 17.6 Å². The fourth-order valence-electron chi connectivity index (χ4n) is 2.97. The Balaban J connectivity index is 1.54. The van der Waals surface area contributed by atoms with Crippen LogP contribution in [-0.2, 0) is 4.79 Å². The zero-order valence-electron chi connectivity index (χ0n) is 16.7. The Morgan fingerprint density at radius 1 is 1.16 bits per heavy atom. The number of nitrogens with one attached hydrogen (secondary N) is 1. The highest BCUT2D eigenvalue weighted by atomic mass is 32.2. The molecule has 0 aliphatic carbocycles. The van der Waals surface area contributed by atoms with Gasteiger partial charge in [0.25, 0.3) is 5.91 Å². The molecule has 7 nitrogen and oxygen atoms in total. The first-order chi connectivity index (χ1) is 14.9. The minimum atomic E-state index is -0.985. The molecule has 4 rings (SSSR count). The maximum absolute atomic E-state index is 12.4. The predicted octanol–water partition coefficient (Wildman–Crippen LogP) is 4.85. The molecule has 31 heavy (non-hydrogen) atoms. The number of amides is 1. The van der Waals surface area contributed by atoms with Gasteiger partial charge in [0, 0.05) is 11.6 Å². The second-order valence-electron chi connectivity index (χ2n) is 6.74. The Morgan fingerprint density at radius 3 is 2.65 bits per heavy atom.